The topological polar surface area (TPSA) is 106 Å². The summed E-state index contributed by atoms with van der Waals surface area (Å²) in [5, 5.41) is 14.1. The second kappa shape index (κ2) is 10.2. The van der Waals surface area contributed by atoms with E-state index in [9.17, 15) is 9.90 Å². The minimum Gasteiger partial charge on any atom is -0.390 e. The highest BCUT2D eigenvalue weighted by atomic mass is 16.5. The van der Waals surface area contributed by atoms with Crippen molar-refractivity contribution in [3.63, 3.8) is 0 Å². The van der Waals surface area contributed by atoms with E-state index < -0.39 is 6.10 Å². The van der Waals surface area contributed by atoms with Gasteiger partial charge in [0.15, 0.2) is 0 Å². The number of fused-ring (bicyclic) bond motifs is 1. The molecule has 8 heteroatoms. The van der Waals surface area contributed by atoms with Crippen molar-refractivity contribution < 1.29 is 14.6 Å². The summed E-state index contributed by atoms with van der Waals surface area (Å²) in [7, 11) is 0. The number of nitrogens with two attached hydrogens (primary N) is 1. The smallest absolute Gasteiger partial charge is 0.253 e. The second-order valence-corrected chi connectivity index (χ2v) is 8.21. The molecule has 1 aliphatic rings. The van der Waals surface area contributed by atoms with Crippen LogP contribution in [0.4, 0.5) is 0 Å². The van der Waals surface area contributed by atoms with Crippen LogP contribution in [0.5, 0.6) is 0 Å². The number of aliphatic hydroxyl groups is 1. The van der Waals surface area contributed by atoms with E-state index in [0.717, 1.165) is 35.1 Å². The van der Waals surface area contributed by atoms with Crippen molar-refractivity contribution in [3.05, 3.63) is 65.6 Å². The maximum atomic E-state index is 13.3. The largest absolute Gasteiger partial charge is 0.390 e. The van der Waals surface area contributed by atoms with Gasteiger partial charge in [0.2, 0.25) is 0 Å². The molecule has 32 heavy (non-hydrogen) atoms. The zero-order valence-corrected chi connectivity index (χ0v) is 18.4. The van der Waals surface area contributed by atoms with E-state index in [1.807, 2.05) is 54.2 Å². The Balaban J connectivity index is 1.58. The normalized spacial score (nSPS) is 16.7. The average Bonchev–Trinajstić information content (AvgIpc) is 3.20. The molecule has 4 rings (SSSR count). The van der Waals surface area contributed by atoms with Crippen molar-refractivity contribution >= 4 is 16.8 Å². The van der Waals surface area contributed by atoms with Crippen LogP contribution in [-0.4, -0.2) is 71.0 Å². The third-order valence-corrected chi connectivity index (χ3v) is 6.05. The quantitative estimate of drug-likeness (QED) is 0.493. The molecule has 2 atom stereocenters. The summed E-state index contributed by atoms with van der Waals surface area (Å²) >= 11 is 0. The fourth-order valence-electron chi connectivity index (χ4n) is 4.36. The Morgan fingerprint density at radius 2 is 2.09 bits per heavy atom. The highest BCUT2D eigenvalue weighted by Crippen LogP contribution is 2.26. The van der Waals surface area contributed by atoms with Crippen LogP contribution in [0.2, 0.25) is 0 Å². The zero-order valence-electron chi connectivity index (χ0n) is 18.4. The van der Waals surface area contributed by atoms with Crippen molar-refractivity contribution in [2.45, 2.75) is 25.6 Å². The highest BCUT2D eigenvalue weighted by molar-refractivity contribution is 6.08. The van der Waals surface area contributed by atoms with E-state index in [-0.39, 0.29) is 18.5 Å². The van der Waals surface area contributed by atoms with Crippen LogP contribution in [-0.2, 0) is 11.3 Å². The maximum absolute atomic E-state index is 13.3. The number of hydrogen-bond donors (Lipinski definition) is 3. The van der Waals surface area contributed by atoms with E-state index in [2.05, 4.69) is 15.2 Å². The fourth-order valence-corrected chi connectivity index (χ4v) is 4.36. The van der Waals surface area contributed by atoms with Gasteiger partial charge in [-0.2, -0.15) is 0 Å². The number of hydrogen-bond acceptors (Lipinski definition) is 6. The SMILES string of the molecule is Cc1cccc2c1c(C(=O)NCC(c1cccnc1)N1CCOCC1)cn2C[C@H](O)CN. The van der Waals surface area contributed by atoms with E-state index in [1.165, 1.54) is 0 Å². The Morgan fingerprint density at radius 1 is 1.28 bits per heavy atom. The number of aliphatic hydroxyl groups excluding tert-OH is 1. The molecule has 0 radical (unpaired) electrons. The van der Waals surface area contributed by atoms with Crippen LogP contribution in [0.3, 0.4) is 0 Å². The molecule has 3 aromatic rings. The molecule has 1 aliphatic heterocycles. The Kier molecular flexibility index (Phi) is 7.16. The van der Waals surface area contributed by atoms with Crippen molar-refractivity contribution in [3.8, 4) is 0 Å². The number of amides is 1. The summed E-state index contributed by atoms with van der Waals surface area (Å²) in [5.41, 5.74) is 9.22. The minimum atomic E-state index is -0.668. The molecule has 8 nitrogen and oxygen atoms in total. The summed E-state index contributed by atoms with van der Waals surface area (Å²) in [6, 6.07) is 9.91. The Labute approximate surface area is 188 Å². The molecule has 1 fully saturated rings. The predicted octanol–water partition coefficient (Wildman–Crippen LogP) is 1.47. The number of nitrogens with zero attached hydrogens (tertiary/aromatic N) is 3. The molecule has 1 saturated heterocycles. The molecule has 1 aromatic carbocycles. The lowest BCUT2D eigenvalue weighted by atomic mass is 10.1. The van der Waals surface area contributed by atoms with Gasteiger partial charge in [-0.25, -0.2) is 0 Å². The molecular formula is C24H31N5O3. The maximum Gasteiger partial charge on any atom is 0.253 e. The van der Waals surface area contributed by atoms with Gasteiger partial charge in [-0.15, -0.1) is 0 Å². The molecule has 2 aromatic heterocycles. The molecule has 170 valence electrons. The molecule has 4 N–H and O–H groups in total. The molecule has 3 heterocycles. The molecule has 0 aliphatic carbocycles. The first-order valence-corrected chi connectivity index (χ1v) is 11.0. The predicted molar refractivity (Wildman–Crippen MR) is 123 cm³/mol. The van der Waals surface area contributed by atoms with Crippen LogP contribution < -0.4 is 11.1 Å². The van der Waals surface area contributed by atoms with Crippen LogP contribution in [0.15, 0.2) is 48.9 Å². The van der Waals surface area contributed by atoms with Crippen LogP contribution >= 0.6 is 0 Å². The highest BCUT2D eigenvalue weighted by Gasteiger charge is 2.25. The third-order valence-electron chi connectivity index (χ3n) is 6.05. The Hall–Kier alpha value is -2.78. The number of carbonyl (C=O) groups excluding carboxylic acids is 1. The Morgan fingerprint density at radius 3 is 2.81 bits per heavy atom. The van der Waals surface area contributed by atoms with E-state index >= 15 is 0 Å². The van der Waals surface area contributed by atoms with Crippen molar-refractivity contribution in [2.75, 3.05) is 39.4 Å². The van der Waals surface area contributed by atoms with Gasteiger partial charge >= 0.3 is 0 Å². The van der Waals surface area contributed by atoms with Crippen LogP contribution in [0.25, 0.3) is 10.9 Å². The summed E-state index contributed by atoms with van der Waals surface area (Å²) in [5.74, 6) is -0.132. The van der Waals surface area contributed by atoms with Crippen LogP contribution in [0, 0.1) is 6.92 Å². The fraction of sp³-hybridized carbons (Fsp3) is 0.417. The van der Waals surface area contributed by atoms with Gasteiger partial charge in [0.25, 0.3) is 5.91 Å². The molecule has 0 spiro atoms. The van der Waals surface area contributed by atoms with E-state index in [1.54, 1.807) is 6.20 Å². The number of morpholine rings is 1. The van der Waals surface area contributed by atoms with Gasteiger partial charge in [0, 0.05) is 62.2 Å². The van der Waals surface area contributed by atoms with Crippen molar-refractivity contribution in [1.82, 2.24) is 19.8 Å². The number of carbonyl (C=O) groups is 1. The molecule has 0 bridgehead atoms. The zero-order chi connectivity index (χ0) is 22.5. The lowest BCUT2D eigenvalue weighted by Crippen LogP contribution is -2.43. The van der Waals surface area contributed by atoms with Gasteiger partial charge in [-0.3, -0.25) is 14.7 Å². The monoisotopic (exact) mass is 437 g/mol. The average molecular weight is 438 g/mol. The third kappa shape index (κ3) is 4.83. The molecular weight excluding hydrogens is 406 g/mol. The van der Waals surface area contributed by atoms with Gasteiger partial charge in [0.05, 0.1) is 30.9 Å². The lowest BCUT2D eigenvalue weighted by molar-refractivity contribution is 0.0161. The number of aromatic nitrogens is 2. The summed E-state index contributed by atoms with van der Waals surface area (Å²) in [4.78, 5) is 19.9. The standard InChI is InChI=1S/C24H31N5O3/c1-17-4-2-6-21-23(17)20(16-29(21)15-19(30)12-25)24(31)27-14-22(18-5-3-7-26-13-18)28-8-10-32-11-9-28/h2-7,13,16,19,22,30H,8-12,14-15,25H2,1H3,(H,27,31)/t19-,22?/m1/s1. The number of ether oxygens (including phenoxy) is 1. The molecule has 1 unspecified atom stereocenters. The van der Waals surface area contributed by atoms with Gasteiger partial charge in [-0.1, -0.05) is 18.2 Å². The van der Waals surface area contributed by atoms with Gasteiger partial charge < -0.3 is 25.5 Å². The number of nitrogens with one attached hydrogen (secondary N) is 1. The lowest BCUT2D eigenvalue weighted by Gasteiger charge is -2.34. The Bertz CT molecular complexity index is 1050. The molecule has 1 amide bonds. The van der Waals surface area contributed by atoms with E-state index in [4.69, 9.17) is 10.5 Å². The summed E-state index contributed by atoms with van der Waals surface area (Å²) in [6.45, 7) is 5.95. The van der Waals surface area contributed by atoms with E-state index in [0.29, 0.717) is 31.9 Å². The first-order valence-electron chi connectivity index (χ1n) is 11.0. The minimum absolute atomic E-state index is 0.0186. The van der Waals surface area contributed by atoms with Crippen molar-refractivity contribution in [2.24, 2.45) is 5.73 Å². The number of rotatable bonds is 8. The summed E-state index contributed by atoms with van der Waals surface area (Å²) < 4.78 is 7.42. The number of benzene rings is 1. The first kappa shape index (κ1) is 22.4. The second-order valence-electron chi connectivity index (χ2n) is 8.21. The number of aryl methyl sites for hydroxylation is 1. The van der Waals surface area contributed by atoms with Crippen LogP contribution in [0.1, 0.15) is 27.5 Å². The summed E-state index contributed by atoms with van der Waals surface area (Å²) in [6.07, 6.45) is 4.76. The van der Waals surface area contributed by atoms with Gasteiger partial charge in [0.1, 0.15) is 0 Å². The van der Waals surface area contributed by atoms with Gasteiger partial charge in [-0.05, 0) is 30.2 Å². The first-order chi connectivity index (χ1) is 15.6. The molecule has 0 saturated carbocycles. The number of pyridine rings is 1. The van der Waals surface area contributed by atoms with Crippen molar-refractivity contribution in [1.29, 1.82) is 0 Å².